The first-order chi connectivity index (χ1) is 10.8. The van der Waals surface area contributed by atoms with Crippen molar-refractivity contribution in [3.05, 3.63) is 0 Å². The van der Waals surface area contributed by atoms with E-state index < -0.39 is 12.1 Å². The van der Waals surface area contributed by atoms with Crippen LogP contribution in [-0.4, -0.2) is 48.5 Å². The van der Waals surface area contributed by atoms with Crippen molar-refractivity contribution in [2.45, 2.75) is 59.0 Å². The summed E-state index contributed by atoms with van der Waals surface area (Å²) in [6, 6.07) is -1.15. The summed E-state index contributed by atoms with van der Waals surface area (Å²) in [6.45, 7) is 8.12. The predicted molar refractivity (Wildman–Crippen MR) is 86.1 cm³/mol. The highest BCUT2D eigenvalue weighted by molar-refractivity contribution is 5.88. The topological polar surface area (TPSA) is 87.7 Å². The molecule has 0 aromatic rings. The molecule has 1 unspecified atom stereocenters. The summed E-state index contributed by atoms with van der Waals surface area (Å²) in [7, 11) is 1.32. The molecule has 1 rings (SSSR count). The molecule has 0 aromatic heterocycles. The van der Waals surface area contributed by atoms with Crippen molar-refractivity contribution in [2.75, 3.05) is 13.7 Å². The molecule has 132 valence electrons. The van der Waals surface area contributed by atoms with E-state index >= 15 is 0 Å². The van der Waals surface area contributed by atoms with Gasteiger partial charge in [-0.1, -0.05) is 20.8 Å². The largest absolute Gasteiger partial charge is 0.468 e. The Morgan fingerprint density at radius 2 is 1.96 bits per heavy atom. The lowest BCUT2D eigenvalue weighted by molar-refractivity contribution is -0.151. The molecule has 2 amide bonds. The first-order valence-electron chi connectivity index (χ1n) is 8.27. The molecule has 0 aliphatic carbocycles. The molecule has 0 spiro atoms. The van der Waals surface area contributed by atoms with E-state index in [-0.39, 0.29) is 29.6 Å². The summed E-state index contributed by atoms with van der Waals surface area (Å²) in [4.78, 5) is 36.3. The molecule has 0 saturated carbocycles. The number of nitrogens with one attached hydrogen (secondary N) is 2. The van der Waals surface area contributed by atoms with Crippen molar-refractivity contribution in [3.63, 3.8) is 0 Å². The molecule has 0 radical (unpaired) electrons. The van der Waals surface area contributed by atoms with Crippen LogP contribution in [0.25, 0.3) is 0 Å². The van der Waals surface area contributed by atoms with Crippen molar-refractivity contribution in [3.8, 4) is 0 Å². The van der Waals surface area contributed by atoms with Crippen LogP contribution in [0.1, 0.15) is 47.0 Å². The van der Waals surface area contributed by atoms with Crippen molar-refractivity contribution in [1.82, 2.24) is 15.8 Å². The summed E-state index contributed by atoms with van der Waals surface area (Å²) in [6.07, 6.45) is 2.07. The predicted octanol–water partition coefficient (Wildman–Crippen LogP) is 0.842. The van der Waals surface area contributed by atoms with Crippen LogP contribution in [0.3, 0.4) is 0 Å². The van der Waals surface area contributed by atoms with E-state index in [9.17, 15) is 14.4 Å². The molecule has 1 aliphatic heterocycles. The number of rotatable bonds is 6. The standard InChI is InChI=1S/C16H29N3O4/c1-6-12(10(2)3)14(20)17-11(4)15(21)19-9-7-8-13(18-19)16(22)23-5/h10-13,18H,6-9H2,1-5H3,(H,17,20)/t11?,12-,13-/m0/s1. The molecule has 1 heterocycles. The summed E-state index contributed by atoms with van der Waals surface area (Å²) >= 11 is 0. The van der Waals surface area contributed by atoms with E-state index in [2.05, 4.69) is 10.7 Å². The molecule has 1 saturated heterocycles. The first kappa shape index (κ1) is 19.4. The molecule has 0 bridgehead atoms. The highest BCUT2D eigenvalue weighted by Crippen LogP contribution is 2.15. The highest BCUT2D eigenvalue weighted by atomic mass is 16.5. The monoisotopic (exact) mass is 327 g/mol. The van der Waals surface area contributed by atoms with Crippen molar-refractivity contribution in [1.29, 1.82) is 0 Å². The van der Waals surface area contributed by atoms with Crippen molar-refractivity contribution < 1.29 is 19.1 Å². The number of hydrazine groups is 1. The number of hydrogen-bond acceptors (Lipinski definition) is 5. The van der Waals surface area contributed by atoms with Gasteiger partial charge in [-0.25, -0.2) is 5.43 Å². The Bertz CT molecular complexity index is 439. The Morgan fingerprint density at radius 1 is 1.30 bits per heavy atom. The summed E-state index contributed by atoms with van der Waals surface area (Å²) in [5.41, 5.74) is 2.88. The van der Waals surface area contributed by atoms with Crippen molar-refractivity contribution in [2.24, 2.45) is 11.8 Å². The second-order valence-corrected chi connectivity index (χ2v) is 6.33. The molecule has 7 nitrogen and oxygen atoms in total. The van der Waals surface area contributed by atoms with Gasteiger partial charge in [0.1, 0.15) is 12.1 Å². The van der Waals surface area contributed by atoms with E-state index in [1.54, 1.807) is 6.92 Å². The van der Waals surface area contributed by atoms with Gasteiger partial charge in [0.25, 0.3) is 5.91 Å². The normalized spacial score (nSPS) is 20.8. The maximum atomic E-state index is 12.5. The van der Waals surface area contributed by atoms with Gasteiger partial charge in [-0.15, -0.1) is 0 Å². The Morgan fingerprint density at radius 3 is 2.48 bits per heavy atom. The minimum absolute atomic E-state index is 0.107. The van der Waals surface area contributed by atoms with E-state index in [0.29, 0.717) is 19.4 Å². The average Bonchev–Trinajstić information content (AvgIpc) is 2.53. The molecule has 3 atom stereocenters. The molecule has 0 aromatic carbocycles. The van der Waals surface area contributed by atoms with Gasteiger partial charge in [-0.2, -0.15) is 0 Å². The van der Waals surface area contributed by atoms with E-state index in [0.717, 1.165) is 6.42 Å². The average molecular weight is 327 g/mol. The number of hydrogen-bond donors (Lipinski definition) is 2. The minimum Gasteiger partial charge on any atom is -0.468 e. The molecule has 1 fully saturated rings. The van der Waals surface area contributed by atoms with Crippen LogP contribution in [0.5, 0.6) is 0 Å². The Balaban J connectivity index is 2.62. The first-order valence-corrected chi connectivity index (χ1v) is 8.27. The molecule has 1 aliphatic rings. The third-order valence-corrected chi connectivity index (χ3v) is 4.25. The Labute approximate surface area is 138 Å². The molecular formula is C16H29N3O4. The number of carbonyl (C=O) groups is 3. The van der Waals surface area contributed by atoms with Crippen molar-refractivity contribution >= 4 is 17.8 Å². The van der Waals surface area contributed by atoms with E-state index in [1.807, 2.05) is 20.8 Å². The van der Waals surface area contributed by atoms with Gasteiger partial charge in [-0.3, -0.25) is 19.4 Å². The lowest BCUT2D eigenvalue weighted by Crippen LogP contribution is -2.59. The Hall–Kier alpha value is -1.63. The lowest BCUT2D eigenvalue weighted by atomic mass is 9.92. The molecular weight excluding hydrogens is 298 g/mol. The minimum atomic E-state index is -0.640. The quantitative estimate of drug-likeness (QED) is 0.706. The smallest absolute Gasteiger partial charge is 0.324 e. The third-order valence-electron chi connectivity index (χ3n) is 4.25. The fourth-order valence-electron chi connectivity index (χ4n) is 2.83. The summed E-state index contributed by atoms with van der Waals surface area (Å²) in [5.74, 6) is -0.623. The molecule has 7 heteroatoms. The maximum absolute atomic E-state index is 12.5. The summed E-state index contributed by atoms with van der Waals surface area (Å²) in [5, 5.41) is 4.19. The van der Waals surface area contributed by atoms with Crippen LogP contribution in [0.2, 0.25) is 0 Å². The zero-order valence-electron chi connectivity index (χ0n) is 14.7. The SMILES string of the molecule is CC[C@H](C(=O)NC(C)C(=O)N1CCC[C@@H](C(=O)OC)N1)C(C)C. The van der Waals surface area contributed by atoms with Crippen LogP contribution >= 0.6 is 0 Å². The Kier molecular flexibility index (Phi) is 7.48. The number of ether oxygens (including phenoxy) is 1. The highest BCUT2D eigenvalue weighted by Gasteiger charge is 2.32. The zero-order chi connectivity index (χ0) is 17.6. The number of esters is 1. The number of amides is 2. The second-order valence-electron chi connectivity index (χ2n) is 6.33. The van der Waals surface area contributed by atoms with Crippen LogP contribution < -0.4 is 10.7 Å². The van der Waals surface area contributed by atoms with Gasteiger partial charge in [0.2, 0.25) is 5.91 Å². The lowest BCUT2D eigenvalue weighted by Gasteiger charge is -2.34. The van der Waals surface area contributed by atoms with Gasteiger partial charge in [0.05, 0.1) is 7.11 Å². The van der Waals surface area contributed by atoms with Crippen LogP contribution in [0.15, 0.2) is 0 Å². The van der Waals surface area contributed by atoms with E-state index in [4.69, 9.17) is 4.74 Å². The van der Waals surface area contributed by atoms with Gasteiger partial charge in [0.15, 0.2) is 0 Å². The number of methoxy groups -OCH3 is 1. The fraction of sp³-hybridized carbons (Fsp3) is 0.812. The van der Waals surface area contributed by atoms with Gasteiger partial charge in [-0.05, 0) is 32.1 Å². The number of carbonyl (C=O) groups excluding carboxylic acids is 3. The second kappa shape index (κ2) is 8.86. The maximum Gasteiger partial charge on any atom is 0.324 e. The van der Waals surface area contributed by atoms with Gasteiger partial charge < -0.3 is 10.1 Å². The van der Waals surface area contributed by atoms with Gasteiger partial charge >= 0.3 is 5.97 Å². The van der Waals surface area contributed by atoms with Crippen LogP contribution in [0.4, 0.5) is 0 Å². The molecule has 23 heavy (non-hydrogen) atoms. The molecule has 2 N–H and O–H groups in total. The van der Waals surface area contributed by atoms with E-state index in [1.165, 1.54) is 12.1 Å². The third kappa shape index (κ3) is 5.20. The van der Waals surface area contributed by atoms with Gasteiger partial charge in [0, 0.05) is 12.5 Å². The van der Waals surface area contributed by atoms with Crippen LogP contribution in [0, 0.1) is 11.8 Å². The summed E-state index contributed by atoms with van der Waals surface area (Å²) < 4.78 is 4.71. The zero-order valence-corrected chi connectivity index (χ0v) is 14.7. The fourth-order valence-corrected chi connectivity index (χ4v) is 2.83. The number of nitrogens with zero attached hydrogens (tertiary/aromatic N) is 1. The van der Waals surface area contributed by atoms with Crippen LogP contribution in [-0.2, 0) is 19.1 Å².